The van der Waals surface area contributed by atoms with Crippen molar-refractivity contribution in [1.29, 1.82) is 5.26 Å². The van der Waals surface area contributed by atoms with Gasteiger partial charge in [-0.3, -0.25) is 0 Å². The van der Waals surface area contributed by atoms with Gasteiger partial charge in [0, 0.05) is 0 Å². The van der Waals surface area contributed by atoms with Crippen LogP contribution in [0.15, 0.2) is 42.0 Å². The fourth-order valence-corrected chi connectivity index (χ4v) is 2.20. The van der Waals surface area contributed by atoms with Gasteiger partial charge in [0.25, 0.3) is 0 Å². The van der Waals surface area contributed by atoms with E-state index in [-0.39, 0.29) is 5.41 Å². The van der Waals surface area contributed by atoms with E-state index < -0.39 is 0 Å². The van der Waals surface area contributed by atoms with Gasteiger partial charge in [0.1, 0.15) is 0 Å². The number of hydrogen-bond donors (Lipinski definition) is 0. The maximum absolute atomic E-state index is 8.72. The second kappa shape index (κ2) is 7.84. The Bertz CT molecular complexity index is 545. The Balaban J connectivity index is 3.04. The van der Waals surface area contributed by atoms with Crippen molar-refractivity contribution in [2.45, 2.75) is 59.3 Å². The molecule has 1 rings (SSSR count). The Morgan fingerprint density at radius 3 is 2.24 bits per heavy atom. The summed E-state index contributed by atoms with van der Waals surface area (Å²) in [6, 6.07) is 11.1. The van der Waals surface area contributed by atoms with Crippen molar-refractivity contribution in [3.8, 4) is 6.07 Å². The van der Waals surface area contributed by atoms with Gasteiger partial charge in [-0.15, -0.1) is 0 Å². The average Bonchev–Trinajstić information content (AvgIpc) is 2.43. The molecule has 0 spiro atoms. The second-order valence-corrected chi connectivity index (χ2v) is 6.62. The van der Waals surface area contributed by atoms with Gasteiger partial charge < -0.3 is 0 Å². The molecule has 0 amide bonds. The van der Waals surface area contributed by atoms with Crippen LogP contribution in [0.2, 0.25) is 0 Å². The number of rotatable bonds is 5. The van der Waals surface area contributed by atoms with E-state index in [4.69, 9.17) is 5.26 Å². The summed E-state index contributed by atoms with van der Waals surface area (Å²) in [5.41, 5.74) is 5.29. The summed E-state index contributed by atoms with van der Waals surface area (Å²) in [6.07, 6.45) is 6.93. The molecule has 1 aromatic rings. The van der Waals surface area contributed by atoms with Crippen molar-refractivity contribution in [3.63, 3.8) is 0 Å². The van der Waals surface area contributed by atoms with Crippen LogP contribution in [0.25, 0.3) is 5.57 Å². The lowest BCUT2D eigenvalue weighted by Crippen LogP contribution is -2.10. The van der Waals surface area contributed by atoms with Gasteiger partial charge in [-0.05, 0) is 35.5 Å². The molecule has 0 aliphatic rings. The van der Waals surface area contributed by atoms with Crippen molar-refractivity contribution in [1.82, 2.24) is 0 Å². The zero-order valence-corrected chi connectivity index (χ0v) is 14.0. The highest BCUT2D eigenvalue weighted by atomic mass is 14.2. The molecule has 0 N–H and O–H groups in total. The first-order chi connectivity index (χ1) is 9.88. The highest BCUT2D eigenvalue weighted by molar-refractivity contribution is 5.67. The van der Waals surface area contributed by atoms with E-state index >= 15 is 0 Å². The van der Waals surface area contributed by atoms with E-state index in [1.165, 1.54) is 16.7 Å². The number of nitriles is 1. The van der Waals surface area contributed by atoms with Crippen molar-refractivity contribution in [2.24, 2.45) is 0 Å². The van der Waals surface area contributed by atoms with E-state index in [9.17, 15) is 0 Å². The van der Waals surface area contributed by atoms with Crippen LogP contribution >= 0.6 is 0 Å². The van der Waals surface area contributed by atoms with E-state index in [0.717, 1.165) is 18.4 Å². The predicted molar refractivity (Wildman–Crippen MR) is 92.0 cm³/mol. The van der Waals surface area contributed by atoms with Gasteiger partial charge in [0.05, 0.1) is 12.5 Å². The van der Waals surface area contributed by atoms with Gasteiger partial charge in [-0.2, -0.15) is 5.26 Å². The monoisotopic (exact) mass is 281 g/mol. The fourth-order valence-electron chi connectivity index (χ4n) is 2.20. The maximum atomic E-state index is 8.72. The summed E-state index contributed by atoms with van der Waals surface area (Å²) < 4.78 is 0. The van der Waals surface area contributed by atoms with E-state index in [1.807, 2.05) is 6.92 Å². The topological polar surface area (TPSA) is 23.8 Å². The molecule has 0 radical (unpaired) electrons. The predicted octanol–water partition coefficient (Wildman–Crippen LogP) is 6.03. The number of benzene rings is 1. The van der Waals surface area contributed by atoms with Crippen molar-refractivity contribution >= 4 is 5.57 Å². The highest BCUT2D eigenvalue weighted by Crippen LogP contribution is 2.26. The molecule has 0 saturated heterocycles. The molecule has 1 nitrogen and oxygen atoms in total. The first kappa shape index (κ1) is 17.2. The average molecular weight is 281 g/mol. The van der Waals surface area contributed by atoms with E-state index in [2.05, 4.69) is 70.2 Å². The number of nitrogens with zero attached hydrogens (tertiary/aromatic N) is 1. The molecular formula is C20H27N. The van der Waals surface area contributed by atoms with Crippen LogP contribution in [0, 0.1) is 11.3 Å². The van der Waals surface area contributed by atoms with Crippen molar-refractivity contribution in [3.05, 3.63) is 53.1 Å². The second-order valence-electron chi connectivity index (χ2n) is 6.62. The largest absolute Gasteiger partial charge is 0.198 e. The van der Waals surface area contributed by atoms with Crippen LogP contribution < -0.4 is 0 Å². The molecule has 0 unspecified atom stereocenters. The minimum absolute atomic E-state index is 0.191. The summed E-state index contributed by atoms with van der Waals surface area (Å²) in [5, 5.41) is 8.72. The minimum atomic E-state index is 0.191. The van der Waals surface area contributed by atoms with Crippen LogP contribution in [0.4, 0.5) is 0 Å². The molecule has 112 valence electrons. The van der Waals surface area contributed by atoms with Crippen LogP contribution in [-0.2, 0) is 5.41 Å². The van der Waals surface area contributed by atoms with Crippen molar-refractivity contribution in [2.75, 3.05) is 0 Å². The summed E-state index contributed by atoms with van der Waals surface area (Å²) in [4.78, 5) is 0. The third-order valence-corrected chi connectivity index (χ3v) is 3.57. The Morgan fingerprint density at radius 1 is 1.14 bits per heavy atom. The molecule has 0 aromatic heterocycles. The first-order valence-electron chi connectivity index (χ1n) is 7.72. The van der Waals surface area contributed by atoms with Gasteiger partial charge in [-0.25, -0.2) is 0 Å². The summed E-state index contributed by atoms with van der Waals surface area (Å²) in [7, 11) is 0. The highest BCUT2D eigenvalue weighted by Gasteiger charge is 2.13. The Hall–Kier alpha value is -1.81. The lowest BCUT2D eigenvalue weighted by Gasteiger charge is -2.19. The van der Waals surface area contributed by atoms with E-state index in [1.54, 1.807) is 0 Å². The van der Waals surface area contributed by atoms with Crippen molar-refractivity contribution < 1.29 is 0 Å². The normalized spacial score (nSPS) is 13.1. The molecule has 0 aliphatic heterocycles. The quantitative estimate of drug-likeness (QED) is 0.605. The SMILES string of the molecule is CCC/C(=C\C=C(/C)CC#N)c1ccc(C(C)(C)C)cc1. The molecule has 0 bridgehead atoms. The Kier molecular flexibility index (Phi) is 6.43. The molecular weight excluding hydrogens is 254 g/mol. The zero-order chi connectivity index (χ0) is 15.9. The van der Waals surface area contributed by atoms with Crippen LogP contribution in [-0.4, -0.2) is 0 Å². The number of hydrogen-bond acceptors (Lipinski definition) is 1. The molecule has 0 fully saturated rings. The fraction of sp³-hybridized carbons (Fsp3) is 0.450. The standard InChI is InChI=1S/C20H27N/c1-6-7-17(9-8-16(2)14-15-21)18-10-12-19(13-11-18)20(3,4)5/h8-13H,6-7,14H2,1-5H3/b16-8+,17-9+. The van der Waals surface area contributed by atoms with Crippen LogP contribution in [0.5, 0.6) is 0 Å². The third-order valence-electron chi connectivity index (χ3n) is 3.57. The molecule has 1 heteroatoms. The lowest BCUT2D eigenvalue weighted by molar-refractivity contribution is 0.590. The zero-order valence-electron chi connectivity index (χ0n) is 14.0. The van der Waals surface area contributed by atoms with Gasteiger partial charge in [0.2, 0.25) is 0 Å². The Labute approximate surface area is 130 Å². The molecule has 1 aromatic carbocycles. The molecule has 0 saturated carbocycles. The van der Waals surface area contributed by atoms with Gasteiger partial charge in [-0.1, -0.05) is 76.1 Å². The first-order valence-corrected chi connectivity index (χ1v) is 7.72. The summed E-state index contributed by atoms with van der Waals surface area (Å²) >= 11 is 0. The molecule has 0 atom stereocenters. The molecule has 0 aliphatic carbocycles. The maximum Gasteiger partial charge on any atom is 0.0666 e. The summed E-state index contributed by atoms with van der Waals surface area (Å²) in [5.74, 6) is 0. The minimum Gasteiger partial charge on any atom is -0.198 e. The van der Waals surface area contributed by atoms with E-state index in [0.29, 0.717) is 6.42 Å². The van der Waals surface area contributed by atoms with Crippen LogP contribution in [0.1, 0.15) is 65.0 Å². The lowest BCUT2D eigenvalue weighted by atomic mass is 9.86. The van der Waals surface area contributed by atoms with Gasteiger partial charge >= 0.3 is 0 Å². The third kappa shape index (κ3) is 5.60. The molecule has 0 heterocycles. The number of allylic oxidation sites excluding steroid dienone is 4. The van der Waals surface area contributed by atoms with Crippen LogP contribution in [0.3, 0.4) is 0 Å². The van der Waals surface area contributed by atoms with Gasteiger partial charge in [0.15, 0.2) is 0 Å². The summed E-state index contributed by atoms with van der Waals surface area (Å²) in [6.45, 7) is 10.9. The smallest absolute Gasteiger partial charge is 0.0666 e. The Morgan fingerprint density at radius 2 is 1.76 bits per heavy atom. The molecule has 21 heavy (non-hydrogen) atoms.